The number of nitrogens with zero attached hydrogens (tertiary/aromatic N) is 2. The zero-order valence-electron chi connectivity index (χ0n) is 15.6. The van der Waals surface area contributed by atoms with Gasteiger partial charge in [-0.3, -0.25) is 14.2 Å². The van der Waals surface area contributed by atoms with Crippen molar-refractivity contribution in [3.8, 4) is 11.1 Å². The van der Waals surface area contributed by atoms with Gasteiger partial charge in [-0.05, 0) is 37.1 Å². The van der Waals surface area contributed by atoms with Crippen LogP contribution in [0.3, 0.4) is 0 Å². The van der Waals surface area contributed by atoms with Crippen LogP contribution in [0.4, 0.5) is 5.69 Å². The molecule has 2 aromatic carbocycles. The van der Waals surface area contributed by atoms with E-state index in [1.165, 1.54) is 27.8 Å². The largest absolute Gasteiger partial charge is 0.325 e. The Labute approximate surface area is 166 Å². The molecule has 2 aromatic heterocycles. The number of fused-ring (bicyclic) bond motifs is 1. The monoisotopic (exact) mass is 389 g/mol. The molecule has 0 unspecified atom stereocenters. The van der Waals surface area contributed by atoms with Crippen LogP contribution in [0.2, 0.25) is 0 Å². The van der Waals surface area contributed by atoms with Crippen molar-refractivity contribution in [1.29, 1.82) is 0 Å². The topological polar surface area (TPSA) is 64.0 Å². The van der Waals surface area contributed by atoms with E-state index in [0.29, 0.717) is 15.9 Å². The third kappa shape index (κ3) is 3.46. The van der Waals surface area contributed by atoms with Gasteiger partial charge in [0, 0.05) is 16.6 Å². The van der Waals surface area contributed by atoms with Gasteiger partial charge >= 0.3 is 0 Å². The van der Waals surface area contributed by atoms with Crippen molar-refractivity contribution < 1.29 is 4.79 Å². The minimum absolute atomic E-state index is 0.0845. The van der Waals surface area contributed by atoms with Gasteiger partial charge in [-0.25, -0.2) is 4.98 Å². The highest BCUT2D eigenvalue weighted by atomic mass is 32.1. The van der Waals surface area contributed by atoms with Gasteiger partial charge in [0.25, 0.3) is 5.56 Å². The summed E-state index contributed by atoms with van der Waals surface area (Å²) in [4.78, 5) is 30.5. The van der Waals surface area contributed by atoms with Crippen molar-refractivity contribution in [3.05, 3.63) is 81.7 Å². The number of rotatable bonds is 4. The molecule has 28 heavy (non-hydrogen) atoms. The van der Waals surface area contributed by atoms with Crippen molar-refractivity contribution in [3.63, 3.8) is 0 Å². The zero-order valence-corrected chi connectivity index (χ0v) is 16.4. The van der Waals surface area contributed by atoms with E-state index in [2.05, 4.69) is 16.4 Å². The van der Waals surface area contributed by atoms with Gasteiger partial charge in [-0.15, -0.1) is 11.3 Å². The molecule has 2 heterocycles. The van der Waals surface area contributed by atoms with Crippen molar-refractivity contribution >= 4 is 33.1 Å². The summed E-state index contributed by atoms with van der Waals surface area (Å²) in [5, 5.41) is 5.32. The highest BCUT2D eigenvalue weighted by molar-refractivity contribution is 7.17. The number of benzene rings is 2. The maximum atomic E-state index is 13.1. The standard InChI is InChI=1S/C22H19N3O2S/c1-14-8-9-17(15(2)10-14)18-12-28-21-20(18)22(27)25(13-23-21)11-19(26)24-16-6-4-3-5-7-16/h3-10,12-13H,11H2,1-2H3,(H,24,26). The molecular formula is C22H19N3O2S. The molecule has 5 nitrogen and oxygen atoms in total. The maximum Gasteiger partial charge on any atom is 0.263 e. The fourth-order valence-electron chi connectivity index (χ4n) is 3.27. The summed E-state index contributed by atoms with van der Waals surface area (Å²) in [6, 6.07) is 15.3. The fraction of sp³-hybridized carbons (Fsp3) is 0.136. The number of thiophene rings is 1. The molecule has 4 aromatic rings. The summed E-state index contributed by atoms with van der Waals surface area (Å²) < 4.78 is 1.36. The van der Waals surface area contributed by atoms with Crippen LogP contribution in [-0.4, -0.2) is 15.5 Å². The predicted octanol–water partition coefficient (Wildman–Crippen LogP) is 4.38. The van der Waals surface area contributed by atoms with Crippen LogP contribution in [0, 0.1) is 13.8 Å². The molecule has 4 rings (SSSR count). The number of amides is 1. The van der Waals surface area contributed by atoms with Crippen LogP contribution in [0.1, 0.15) is 11.1 Å². The van der Waals surface area contributed by atoms with Gasteiger partial charge in [-0.2, -0.15) is 0 Å². The fourth-order valence-corrected chi connectivity index (χ4v) is 4.17. The van der Waals surface area contributed by atoms with E-state index in [0.717, 1.165) is 16.7 Å². The van der Waals surface area contributed by atoms with Crippen molar-refractivity contribution in [2.45, 2.75) is 20.4 Å². The number of aromatic nitrogens is 2. The molecule has 140 valence electrons. The first-order valence-electron chi connectivity index (χ1n) is 8.92. The second-order valence-electron chi connectivity index (χ2n) is 6.74. The number of para-hydroxylation sites is 1. The van der Waals surface area contributed by atoms with Gasteiger partial charge in [-0.1, -0.05) is 42.0 Å². The van der Waals surface area contributed by atoms with Gasteiger partial charge in [0.15, 0.2) is 0 Å². The summed E-state index contributed by atoms with van der Waals surface area (Å²) in [6.45, 7) is 4.00. The van der Waals surface area contributed by atoms with Crippen LogP contribution < -0.4 is 10.9 Å². The Morgan fingerprint density at radius 2 is 1.89 bits per heavy atom. The van der Waals surface area contributed by atoms with E-state index < -0.39 is 0 Å². The van der Waals surface area contributed by atoms with Crippen LogP contribution in [0.25, 0.3) is 21.3 Å². The van der Waals surface area contributed by atoms with E-state index in [4.69, 9.17) is 0 Å². The highest BCUT2D eigenvalue weighted by Gasteiger charge is 2.16. The van der Waals surface area contributed by atoms with Crippen LogP contribution in [-0.2, 0) is 11.3 Å². The molecule has 0 atom stereocenters. The van der Waals surface area contributed by atoms with E-state index >= 15 is 0 Å². The van der Waals surface area contributed by atoms with Gasteiger partial charge in [0.05, 0.1) is 11.7 Å². The van der Waals surface area contributed by atoms with Crippen LogP contribution in [0.5, 0.6) is 0 Å². The lowest BCUT2D eigenvalue weighted by Gasteiger charge is -2.09. The summed E-state index contributed by atoms with van der Waals surface area (Å²) in [7, 11) is 0. The van der Waals surface area contributed by atoms with Crippen molar-refractivity contribution in [2.24, 2.45) is 0 Å². The minimum Gasteiger partial charge on any atom is -0.325 e. The van der Waals surface area contributed by atoms with Gasteiger partial charge in [0.2, 0.25) is 5.91 Å². The Bertz CT molecular complexity index is 1230. The normalized spacial score (nSPS) is 10.9. The molecular weight excluding hydrogens is 370 g/mol. The first-order chi connectivity index (χ1) is 13.5. The highest BCUT2D eigenvalue weighted by Crippen LogP contribution is 2.32. The lowest BCUT2D eigenvalue weighted by atomic mass is 9.99. The summed E-state index contributed by atoms with van der Waals surface area (Å²) >= 11 is 1.44. The van der Waals surface area contributed by atoms with E-state index in [1.54, 1.807) is 12.1 Å². The van der Waals surface area contributed by atoms with Crippen LogP contribution >= 0.6 is 11.3 Å². The van der Waals surface area contributed by atoms with Crippen molar-refractivity contribution in [2.75, 3.05) is 5.32 Å². The number of aryl methyl sites for hydroxylation is 2. The number of hydrogen-bond donors (Lipinski definition) is 1. The smallest absolute Gasteiger partial charge is 0.263 e. The predicted molar refractivity (Wildman–Crippen MR) is 114 cm³/mol. The zero-order chi connectivity index (χ0) is 19.7. The minimum atomic E-state index is -0.266. The molecule has 0 radical (unpaired) electrons. The lowest BCUT2D eigenvalue weighted by molar-refractivity contribution is -0.116. The Morgan fingerprint density at radius 3 is 2.64 bits per heavy atom. The molecule has 0 fully saturated rings. The van der Waals surface area contributed by atoms with Crippen LogP contribution in [0.15, 0.2) is 65.0 Å². The first-order valence-corrected chi connectivity index (χ1v) is 9.80. The molecule has 0 aliphatic carbocycles. The van der Waals surface area contributed by atoms with E-state index in [-0.39, 0.29) is 18.0 Å². The molecule has 1 amide bonds. The van der Waals surface area contributed by atoms with E-state index in [1.807, 2.05) is 49.6 Å². The van der Waals surface area contributed by atoms with Crippen molar-refractivity contribution in [1.82, 2.24) is 9.55 Å². The average molecular weight is 389 g/mol. The number of anilines is 1. The molecule has 0 saturated heterocycles. The molecule has 0 bridgehead atoms. The third-order valence-corrected chi connectivity index (χ3v) is 5.49. The quantitative estimate of drug-likeness (QED) is 0.563. The summed E-state index contributed by atoms with van der Waals surface area (Å²) in [5.41, 5.74) is 4.66. The maximum absolute atomic E-state index is 13.1. The second kappa shape index (κ2) is 7.40. The number of carbonyl (C=O) groups is 1. The molecule has 0 saturated carbocycles. The molecule has 1 N–H and O–H groups in total. The average Bonchev–Trinajstić information content (AvgIpc) is 3.09. The summed E-state index contributed by atoms with van der Waals surface area (Å²) in [6.07, 6.45) is 1.44. The Morgan fingerprint density at radius 1 is 1.11 bits per heavy atom. The molecule has 0 spiro atoms. The Balaban J connectivity index is 1.70. The summed E-state index contributed by atoms with van der Waals surface area (Å²) in [5.74, 6) is -0.266. The molecule has 0 aliphatic rings. The SMILES string of the molecule is Cc1ccc(-c2csc3ncn(CC(=O)Nc4ccccc4)c(=O)c23)c(C)c1. The third-order valence-electron chi connectivity index (χ3n) is 4.60. The van der Waals surface area contributed by atoms with Gasteiger partial charge < -0.3 is 5.32 Å². The first kappa shape index (κ1) is 18.1. The number of carbonyl (C=O) groups excluding carboxylic acids is 1. The number of hydrogen-bond acceptors (Lipinski definition) is 4. The Hall–Kier alpha value is -3.25. The molecule has 6 heteroatoms. The number of nitrogens with one attached hydrogen (secondary N) is 1. The molecule has 0 aliphatic heterocycles. The lowest BCUT2D eigenvalue weighted by Crippen LogP contribution is -2.27. The second-order valence-corrected chi connectivity index (χ2v) is 7.60. The van der Waals surface area contributed by atoms with Gasteiger partial charge in [0.1, 0.15) is 11.4 Å². The Kier molecular flexibility index (Phi) is 4.79. The van der Waals surface area contributed by atoms with E-state index in [9.17, 15) is 9.59 Å².